The standard InChI is InChI=1S/C30H30N2O3/c1-21-8-7-11-23(20-21)28-27(26(33)17-12-22-9-3-2-4-10-22)29(34)30(35)32(28)25-15-13-24(14-16-25)31-18-5-6-19-31/h2-4,7-11,13-16,20,28,34H,5-6,12,17-19H2,1H3. The van der Waals surface area contributed by atoms with Crippen LogP contribution in [0.25, 0.3) is 0 Å². The maximum absolute atomic E-state index is 13.4. The molecule has 1 unspecified atom stereocenters. The highest BCUT2D eigenvalue weighted by molar-refractivity contribution is 6.16. The zero-order valence-electron chi connectivity index (χ0n) is 20.0. The predicted octanol–water partition coefficient (Wildman–Crippen LogP) is 5.70. The molecule has 1 N–H and O–H groups in total. The van der Waals surface area contributed by atoms with Crippen LogP contribution in [0.1, 0.15) is 42.0 Å². The molecule has 1 saturated heterocycles. The first-order chi connectivity index (χ1) is 17.0. The third-order valence-corrected chi connectivity index (χ3v) is 6.95. The summed E-state index contributed by atoms with van der Waals surface area (Å²) in [5, 5.41) is 10.9. The Morgan fingerprint density at radius 3 is 2.29 bits per heavy atom. The number of carbonyl (C=O) groups excluding carboxylic acids is 2. The maximum atomic E-state index is 13.4. The Labute approximate surface area is 206 Å². The van der Waals surface area contributed by atoms with Gasteiger partial charge >= 0.3 is 0 Å². The molecule has 3 aromatic rings. The minimum absolute atomic E-state index is 0.181. The van der Waals surface area contributed by atoms with Gasteiger partial charge in [-0.15, -0.1) is 0 Å². The molecule has 5 nitrogen and oxygen atoms in total. The number of hydrogen-bond acceptors (Lipinski definition) is 4. The molecule has 2 aliphatic heterocycles. The number of carbonyl (C=O) groups is 2. The largest absolute Gasteiger partial charge is 0.503 e. The normalized spacial score (nSPS) is 18.0. The molecular formula is C30H30N2O3. The van der Waals surface area contributed by atoms with E-state index in [2.05, 4.69) is 4.90 Å². The van der Waals surface area contributed by atoms with Gasteiger partial charge in [-0.25, -0.2) is 0 Å². The molecule has 2 heterocycles. The molecular weight excluding hydrogens is 436 g/mol. The minimum Gasteiger partial charge on any atom is -0.503 e. The molecule has 1 atom stereocenters. The Bertz CT molecular complexity index is 1260. The van der Waals surface area contributed by atoms with Gasteiger partial charge in [0.2, 0.25) is 0 Å². The Balaban J connectivity index is 1.48. The molecule has 0 bridgehead atoms. The first kappa shape index (κ1) is 22.9. The van der Waals surface area contributed by atoms with Crippen LogP contribution in [-0.4, -0.2) is 29.9 Å². The van der Waals surface area contributed by atoms with Gasteiger partial charge in [-0.2, -0.15) is 0 Å². The van der Waals surface area contributed by atoms with Crippen LogP contribution >= 0.6 is 0 Å². The van der Waals surface area contributed by atoms with E-state index in [-0.39, 0.29) is 17.8 Å². The van der Waals surface area contributed by atoms with Crippen molar-refractivity contribution in [3.8, 4) is 0 Å². The topological polar surface area (TPSA) is 60.9 Å². The number of Topliss-reactive ketones (excluding diaryl/α,β-unsaturated/α-hetero) is 1. The Hall–Kier alpha value is -3.86. The fourth-order valence-electron chi connectivity index (χ4n) is 5.15. The average Bonchev–Trinajstić information content (AvgIpc) is 3.51. The Kier molecular flexibility index (Phi) is 6.41. The van der Waals surface area contributed by atoms with E-state index in [0.29, 0.717) is 12.1 Å². The quantitative estimate of drug-likeness (QED) is 0.485. The Morgan fingerprint density at radius 2 is 1.60 bits per heavy atom. The minimum atomic E-state index is -0.664. The zero-order valence-corrected chi connectivity index (χ0v) is 20.0. The third kappa shape index (κ3) is 4.59. The van der Waals surface area contributed by atoms with Crippen LogP contribution in [0.2, 0.25) is 0 Å². The molecule has 5 rings (SSSR count). The number of rotatable bonds is 7. The molecule has 0 aliphatic carbocycles. The van der Waals surface area contributed by atoms with Crippen molar-refractivity contribution in [3.05, 3.63) is 107 Å². The first-order valence-corrected chi connectivity index (χ1v) is 12.3. The lowest BCUT2D eigenvalue weighted by Crippen LogP contribution is -2.31. The molecule has 3 aromatic carbocycles. The van der Waals surface area contributed by atoms with Crippen LogP contribution < -0.4 is 9.80 Å². The number of aliphatic hydroxyl groups excluding tert-OH is 1. The number of aliphatic hydroxyl groups is 1. The maximum Gasteiger partial charge on any atom is 0.294 e. The Morgan fingerprint density at radius 1 is 0.914 bits per heavy atom. The van der Waals surface area contributed by atoms with E-state index in [1.54, 1.807) is 4.90 Å². The molecule has 0 aromatic heterocycles. The predicted molar refractivity (Wildman–Crippen MR) is 139 cm³/mol. The fraction of sp³-hybridized carbons (Fsp3) is 0.267. The average molecular weight is 467 g/mol. The van der Waals surface area contributed by atoms with Crippen molar-refractivity contribution in [3.63, 3.8) is 0 Å². The lowest BCUT2D eigenvalue weighted by Gasteiger charge is -2.28. The van der Waals surface area contributed by atoms with Crippen LogP contribution in [0.5, 0.6) is 0 Å². The van der Waals surface area contributed by atoms with Gasteiger partial charge < -0.3 is 10.0 Å². The number of hydrogen-bond donors (Lipinski definition) is 1. The molecule has 35 heavy (non-hydrogen) atoms. The molecule has 0 radical (unpaired) electrons. The van der Waals surface area contributed by atoms with Crippen molar-refractivity contribution in [2.75, 3.05) is 22.9 Å². The molecule has 5 heteroatoms. The van der Waals surface area contributed by atoms with Crippen LogP contribution in [-0.2, 0) is 16.0 Å². The number of nitrogens with zero attached hydrogens (tertiary/aromatic N) is 2. The van der Waals surface area contributed by atoms with Gasteiger partial charge in [-0.1, -0.05) is 60.2 Å². The van der Waals surface area contributed by atoms with Crippen molar-refractivity contribution < 1.29 is 14.7 Å². The number of amides is 1. The summed E-state index contributed by atoms with van der Waals surface area (Å²) in [6.07, 6.45) is 3.15. The van der Waals surface area contributed by atoms with E-state index in [1.165, 1.54) is 12.8 Å². The summed E-state index contributed by atoms with van der Waals surface area (Å²) < 4.78 is 0. The lowest BCUT2D eigenvalue weighted by molar-refractivity contribution is -0.118. The number of anilines is 2. The van der Waals surface area contributed by atoms with Crippen molar-refractivity contribution in [2.24, 2.45) is 0 Å². The summed E-state index contributed by atoms with van der Waals surface area (Å²) >= 11 is 0. The molecule has 1 amide bonds. The highest BCUT2D eigenvalue weighted by Gasteiger charge is 2.44. The summed E-state index contributed by atoms with van der Waals surface area (Å²) in [4.78, 5) is 30.7. The van der Waals surface area contributed by atoms with Crippen molar-refractivity contribution in [1.82, 2.24) is 0 Å². The molecule has 0 spiro atoms. The highest BCUT2D eigenvalue weighted by atomic mass is 16.3. The number of benzene rings is 3. The van der Waals surface area contributed by atoms with Crippen molar-refractivity contribution in [2.45, 2.75) is 38.6 Å². The summed E-state index contributed by atoms with van der Waals surface area (Å²) in [5.74, 6) is -1.19. The number of aryl methyl sites for hydroxylation is 2. The van der Waals surface area contributed by atoms with Crippen LogP contribution in [0, 0.1) is 6.92 Å². The second-order valence-corrected chi connectivity index (χ2v) is 9.37. The zero-order chi connectivity index (χ0) is 24.4. The second-order valence-electron chi connectivity index (χ2n) is 9.37. The van der Waals surface area contributed by atoms with Gasteiger partial charge in [0.1, 0.15) is 0 Å². The SMILES string of the molecule is Cc1cccc(C2C(C(=O)CCc3ccccc3)=C(O)C(=O)N2c2ccc(N3CCCC3)cc2)c1. The van der Waals surface area contributed by atoms with Gasteiger partial charge in [0.05, 0.1) is 11.6 Å². The first-order valence-electron chi connectivity index (χ1n) is 12.3. The van der Waals surface area contributed by atoms with Gasteiger partial charge in [-0.3, -0.25) is 14.5 Å². The van der Waals surface area contributed by atoms with E-state index >= 15 is 0 Å². The second kappa shape index (κ2) is 9.79. The molecule has 2 aliphatic rings. The van der Waals surface area contributed by atoms with E-state index in [0.717, 1.165) is 35.5 Å². The van der Waals surface area contributed by atoms with Crippen LogP contribution in [0.3, 0.4) is 0 Å². The monoisotopic (exact) mass is 466 g/mol. The van der Waals surface area contributed by atoms with Crippen molar-refractivity contribution >= 4 is 23.1 Å². The molecule has 1 fully saturated rings. The van der Waals surface area contributed by atoms with Crippen LogP contribution in [0.4, 0.5) is 11.4 Å². The molecule has 0 saturated carbocycles. The van der Waals surface area contributed by atoms with E-state index in [1.807, 2.05) is 85.8 Å². The molecule has 178 valence electrons. The summed E-state index contributed by atoms with van der Waals surface area (Å²) in [7, 11) is 0. The highest BCUT2D eigenvalue weighted by Crippen LogP contribution is 2.42. The van der Waals surface area contributed by atoms with Crippen LogP contribution in [0.15, 0.2) is 90.2 Å². The van der Waals surface area contributed by atoms with Gasteiger partial charge in [0.15, 0.2) is 11.5 Å². The van der Waals surface area contributed by atoms with Gasteiger partial charge in [-0.05, 0) is 61.6 Å². The fourth-order valence-corrected chi connectivity index (χ4v) is 5.15. The number of ketones is 1. The summed E-state index contributed by atoms with van der Waals surface area (Å²) in [6.45, 7) is 4.06. The van der Waals surface area contributed by atoms with E-state index in [4.69, 9.17) is 0 Å². The van der Waals surface area contributed by atoms with E-state index in [9.17, 15) is 14.7 Å². The van der Waals surface area contributed by atoms with Gasteiger partial charge in [0, 0.05) is 30.9 Å². The third-order valence-electron chi connectivity index (χ3n) is 6.95. The smallest absolute Gasteiger partial charge is 0.294 e. The van der Waals surface area contributed by atoms with Gasteiger partial charge in [0.25, 0.3) is 5.91 Å². The summed E-state index contributed by atoms with van der Waals surface area (Å²) in [6, 6.07) is 24.8. The van der Waals surface area contributed by atoms with Crippen molar-refractivity contribution in [1.29, 1.82) is 0 Å². The van der Waals surface area contributed by atoms with E-state index < -0.39 is 17.7 Å². The summed E-state index contributed by atoms with van der Waals surface area (Å²) in [5.41, 5.74) is 4.87. The lowest BCUT2D eigenvalue weighted by atomic mass is 9.92.